The highest BCUT2D eigenvalue weighted by Gasteiger charge is 2.31. The summed E-state index contributed by atoms with van der Waals surface area (Å²) in [4.78, 5) is 18.7. The van der Waals surface area contributed by atoms with Crippen LogP contribution in [-0.4, -0.2) is 32.1 Å². The number of hydrogen-bond acceptors (Lipinski definition) is 4. The van der Waals surface area contributed by atoms with Gasteiger partial charge in [-0.2, -0.15) is 0 Å². The minimum absolute atomic E-state index is 0.159. The molecular weight excluding hydrogens is 304 g/mol. The molecule has 1 fully saturated rings. The molecule has 0 spiro atoms. The van der Waals surface area contributed by atoms with Crippen LogP contribution < -0.4 is 0 Å². The summed E-state index contributed by atoms with van der Waals surface area (Å²) in [6.07, 6.45) is 2.15. The fourth-order valence-corrected chi connectivity index (χ4v) is 3.11. The van der Waals surface area contributed by atoms with Gasteiger partial charge in [0.05, 0.1) is 12.8 Å². The molecule has 1 aliphatic rings. The molecule has 0 aliphatic carbocycles. The topological polar surface area (TPSA) is 64.2 Å². The van der Waals surface area contributed by atoms with Gasteiger partial charge in [-0.3, -0.25) is 9.48 Å². The molecule has 1 atom stereocenters. The quantitative estimate of drug-likeness (QED) is 0.740. The number of carbonyl (C=O) groups is 1. The van der Waals surface area contributed by atoms with Crippen molar-refractivity contribution >= 4 is 5.91 Å². The van der Waals surface area contributed by atoms with Crippen molar-refractivity contribution in [2.75, 3.05) is 6.54 Å². The zero-order valence-corrected chi connectivity index (χ0v) is 13.4. The van der Waals surface area contributed by atoms with Crippen LogP contribution in [0.4, 0.5) is 0 Å². The van der Waals surface area contributed by atoms with Crippen LogP contribution >= 0.6 is 0 Å². The van der Waals surface area contributed by atoms with Crippen molar-refractivity contribution in [2.45, 2.75) is 18.9 Å². The molecule has 1 amide bonds. The largest absolute Gasteiger partial charge is 0.461 e. The second-order valence-electron chi connectivity index (χ2n) is 6.04. The van der Waals surface area contributed by atoms with Crippen molar-refractivity contribution < 1.29 is 9.21 Å². The third-order valence-corrected chi connectivity index (χ3v) is 4.41. The second kappa shape index (κ2) is 5.96. The average molecular weight is 322 g/mol. The Morgan fingerprint density at radius 1 is 1.21 bits per heavy atom. The van der Waals surface area contributed by atoms with Crippen LogP contribution in [0.2, 0.25) is 0 Å². The first kappa shape index (κ1) is 14.7. The first-order valence-electron chi connectivity index (χ1n) is 7.97. The number of amides is 1. The summed E-state index contributed by atoms with van der Waals surface area (Å²) in [6.45, 7) is 1.18. The summed E-state index contributed by atoms with van der Waals surface area (Å²) >= 11 is 0. The van der Waals surface area contributed by atoms with E-state index in [-0.39, 0.29) is 11.8 Å². The lowest BCUT2D eigenvalue weighted by atomic mass is 9.99. The molecule has 6 heteroatoms. The summed E-state index contributed by atoms with van der Waals surface area (Å²) in [7, 11) is 1.84. The highest BCUT2D eigenvalue weighted by atomic mass is 16.3. The second-order valence-corrected chi connectivity index (χ2v) is 6.04. The van der Waals surface area contributed by atoms with Crippen molar-refractivity contribution in [3.05, 3.63) is 60.1 Å². The summed E-state index contributed by atoms with van der Waals surface area (Å²) < 4.78 is 7.04. The smallest absolute Gasteiger partial charge is 0.223 e. The first-order chi connectivity index (χ1) is 11.7. The number of carbonyl (C=O) groups excluding carboxylic acids is 1. The lowest BCUT2D eigenvalue weighted by Gasteiger charge is -2.16. The molecule has 0 unspecified atom stereocenters. The van der Waals surface area contributed by atoms with Gasteiger partial charge >= 0.3 is 0 Å². The fourth-order valence-electron chi connectivity index (χ4n) is 3.11. The van der Waals surface area contributed by atoms with E-state index in [0.29, 0.717) is 31.1 Å². The monoisotopic (exact) mass is 322 g/mol. The molecule has 1 aromatic carbocycles. The third-order valence-electron chi connectivity index (χ3n) is 4.41. The van der Waals surface area contributed by atoms with Gasteiger partial charge < -0.3 is 9.32 Å². The highest BCUT2D eigenvalue weighted by molar-refractivity contribution is 5.79. The van der Waals surface area contributed by atoms with Gasteiger partial charge in [-0.25, -0.2) is 4.98 Å². The maximum absolute atomic E-state index is 12.4. The molecule has 24 heavy (non-hydrogen) atoms. The molecule has 0 N–H and O–H groups in total. The lowest BCUT2D eigenvalue weighted by Crippen LogP contribution is -2.26. The fraction of sp³-hybridized carbons (Fsp3) is 0.278. The van der Waals surface area contributed by atoms with E-state index in [1.807, 2.05) is 36.2 Å². The minimum Gasteiger partial charge on any atom is -0.461 e. The minimum atomic E-state index is 0.159. The standard InChI is InChI=1S/C18H18N4O2/c1-21-16(19-18(20-21)15-8-5-9-24-15)12-22-11-14(10-17(22)23)13-6-3-2-4-7-13/h2-9,14H,10-12H2,1H3/t14-/m1/s1. The van der Waals surface area contributed by atoms with Crippen LogP contribution in [0.15, 0.2) is 53.1 Å². The molecule has 6 nitrogen and oxygen atoms in total. The molecule has 3 aromatic rings. The molecule has 1 saturated heterocycles. The highest BCUT2D eigenvalue weighted by Crippen LogP contribution is 2.29. The van der Waals surface area contributed by atoms with Gasteiger partial charge in [0.1, 0.15) is 5.82 Å². The van der Waals surface area contributed by atoms with E-state index in [4.69, 9.17) is 4.42 Å². The maximum Gasteiger partial charge on any atom is 0.223 e. The van der Waals surface area contributed by atoms with Gasteiger partial charge in [0.15, 0.2) is 5.76 Å². The van der Waals surface area contributed by atoms with Crippen molar-refractivity contribution in [3.63, 3.8) is 0 Å². The third kappa shape index (κ3) is 2.71. The summed E-state index contributed by atoms with van der Waals surface area (Å²) in [5.41, 5.74) is 1.21. The number of benzene rings is 1. The predicted octanol–water partition coefficient (Wildman–Crippen LogP) is 2.59. The Bertz CT molecular complexity index is 839. The van der Waals surface area contributed by atoms with E-state index in [2.05, 4.69) is 22.2 Å². The number of aromatic nitrogens is 3. The molecule has 1 aliphatic heterocycles. The Morgan fingerprint density at radius 3 is 2.79 bits per heavy atom. The maximum atomic E-state index is 12.4. The van der Waals surface area contributed by atoms with Crippen molar-refractivity contribution in [3.8, 4) is 11.6 Å². The van der Waals surface area contributed by atoms with E-state index in [9.17, 15) is 4.79 Å². The molecule has 122 valence electrons. The number of nitrogens with zero attached hydrogens (tertiary/aromatic N) is 4. The van der Waals surface area contributed by atoms with Crippen molar-refractivity contribution in [1.82, 2.24) is 19.7 Å². The van der Waals surface area contributed by atoms with Crippen molar-refractivity contribution in [2.24, 2.45) is 7.05 Å². The molecule has 3 heterocycles. The average Bonchev–Trinajstić information content (AvgIpc) is 3.31. The van der Waals surface area contributed by atoms with Gasteiger partial charge in [-0.05, 0) is 17.7 Å². The normalized spacial score (nSPS) is 17.6. The molecule has 4 rings (SSSR count). The number of hydrogen-bond donors (Lipinski definition) is 0. The molecular formula is C18H18N4O2. The predicted molar refractivity (Wildman–Crippen MR) is 87.9 cm³/mol. The van der Waals surface area contributed by atoms with E-state index in [0.717, 1.165) is 5.82 Å². The number of rotatable bonds is 4. The van der Waals surface area contributed by atoms with E-state index in [1.165, 1.54) is 5.56 Å². The van der Waals surface area contributed by atoms with Gasteiger partial charge in [0.2, 0.25) is 11.7 Å². The Labute approximate surface area is 139 Å². The van der Waals surface area contributed by atoms with Crippen LogP contribution in [0, 0.1) is 0 Å². The van der Waals surface area contributed by atoms with Crippen LogP contribution in [-0.2, 0) is 18.4 Å². The van der Waals surface area contributed by atoms with Crippen LogP contribution in [0.25, 0.3) is 11.6 Å². The lowest BCUT2D eigenvalue weighted by molar-refractivity contribution is -0.128. The van der Waals surface area contributed by atoms with Gasteiger partial charge in [-0.15, -0.1) is 5.10 Å². The van der Waals surface area contributed by atoms with E-state index >= 15 is 0 Å². The van der Waals surface area contributed by atoms with Gasteiger partial charge in [0.25, 0.3) is 0 Å². The number of furan rings is 1. The van der Waals surface area contributed by atoms with Crippen LogP contribution in [0.1, 0.15) is 23.7 Å². The summed E-state index contributed by atoms with van der Waals surface area (Å²) in [6, 6.07) is 13.8. The van der Waals surface area contributed by atoms with Crippen molar-refractivity contribution in [1.29, 1.82) is 0 Å². The Morgan fingerprint density at radius 2 is 2.04 bits per heavy atom. The zero-order chi connectivity index (χ0) is 16.5. The summed E-state index contributed by atoms with van der Waals surface area (Å²) in [5.74, 6) is 2.34. The molecule has 0 saturated carbocycles. The molecule has 0 bridgehead atoms. The van der Waals surface area contributed by atoms with Gasteiger partial charge in [0, 0.05) is 25.9 Å². The first-order valence-corrected chi connectivity index (χ1v) is 7.97. The molecule has 0 radical (unpaired) electrons. The van der Waals surface area contributed by atoms with Crippen LogP contribution in [0.3, 0.4) is 0 Å². The zero-order valence-electron chi connectivity index (χ0n) is 13.4. The van der Waals surface area contributed by atoms with Gasteiger partial charge in [-0.1, -0.05) is 30.3 Å². The number of aryl methyl sites for hydroxylation is 1. The number of likely N-dealkylation sites (tertiary alicyclic amines) is 1. The summed E-state index contributed by atoms with van der Waals surface area (Å²) in [5, 5.41) is 4.37. The Balaban J connectivity index is 1.51. The van der Waals surface area contributed by atoms with Crippen LogP contribution in [0.5, 0.6) is 0 Å². The van der Waals surface area contributed by atoms with E-state index in [1.54, 1.807) is 17.0 Å². The Kier molecular flexibility index (Phi) is 3.65. The molecule has 2 aromatic heterocycles. The SMILES string of the molecule is Cn1nc(-c2ccco2)nc1CN1C[C@H](c2ccccc2)CC1=O. The van der Waals surface area contributed by atoms with E-state index < -0.39 is 0 Å². The Hall–Kier alpha value is -2.89.